The number of aryl methyl sites for hydroxylation is 1. The van der Waals surface area contributed by atoms with E-state index in [1.807, 2.05) is 12.1 Å². The van der Waals surface area contributed by atoms with Gasteiger partial charge in [0.2, 0.25) is 0 Å². The molecule has 0 saturated heterocycles. The fraction of sp³-hybridized carbons (Fsp3) is 0.438. The molecule has 0 heterocycles. The first-order valence-corrected chi connectivity index (χ1v) is 6.55. The number of hydrogen-bond acceptors (Lipinski definition) is 2. The number of rotatable bonds is 6. The van der Waals surface area contributed by atoms with Crippen molar-refractivity contribution in [3.05, 3.63) is 41.5 Å². The van der Waals surface area contributed by atoms with Gasteiger partial charge >= 0.3 is 5.97 Å². The van der Waals surface area contributed by atoms with Crippen molar-refractivity contribution in [2.45, 2.75) is 33.6 Å². The van der Waals surface area contributed by atoms with Crippen LogP contribution in [0.4, 0.5) is 0 Å². The lowest BCUT2D eigenvalue weighted by Gasteiger charge is -2.04. The van der Waals surface area contributed by atoms with Crippen LogP contribution in [0.1, 0.15) is 38.3 Å². The van der Waals surface area contributed by atoms with E-state index in [-0.39, 0.29) is 5.97 Å². The van der Waals surface area contributed by atoms with Crippen LogP contribution >= 0.6 is 0 Å². The van der Waals surface area contributed by atoms with Crippen molar-refractivity contribution in [1.82, 2.24) is 0 Å². The summed E-state index contributed by atoms with van der Waals surface area (Å²) >= 11 is 0. The topological polar surface area (TPSA) is 26.3 Å². The van der Waals surface area contributed by atoms with Gasteiger partial charge in [0.1, 0.15) is 0 Å². The number of benzene rings is 1. The molecule has 0 radical (unpaired) electrons. The van der Waals surface area contributed by atoms with E-state index in [9.17, 15) is 4.79 Å². The van der Waals surface area contributed by atoms with E-state index in [1.54, 1.807) is 13.0 Å². The van der Waals surface area contributed by atoms with E-state index < -0.39 is 0 Å². The number of carbonyl (C=O) groups is 1. The van der Waals surface area contributed by atoms with Gasteiger partial charge < -0.3 is 4.74 Å². The molecule has 0 spiro atoms. The van der Waals surface area contributed by atoms with Crippen LogP contribution in [0.5, 0.6) is 0 Å². The first-order chi connectivity index (χ1) is 8.61. The molecule has 1 aromatic rings. The Morgan fingerprint density at radius 3 is 2.50 bits per heavy atom. The van der Waals surface area contributed by atoms with Crippen molar-refractivity contribution < 1.29 is 9.53 Å². The predicted octanol–water partition coefficient (Wildman–Crippen LogP) is 3.85. The van der Waals surface area contributed by atoms with Gasteiger partial charge in [0.15, 0.2) is 0 Å². The van der Waals surface area contributed by atoms with E-state index in [1.165, 1.54) is 18.1 Å². The smallest absolute Gasteiger partial charge is 0.330 e. The molecule has 18 heavy (non-hydrogen) atoms. The highest BCUT2D eigenvalue weighted by atomic mass is 16.5. The largest absolute Gasteiger partial charge is 0.463 e. The normalized spacial score (nSPS) is 11.1. The van der Waals surface area contributed by atoms with Crippen molar-refractivity contribution in [2.24, 2.45) is 5.92 Å². The third-order valence-corrected chi connectivity index (χ3v) is 2.69. The summed E-state index contributed by atoms with van der Waals surface area (Å²) in [6, 6.07) is 8.30. The van der Waals surface area contributed by atoms with Crippen LogP contribution in [0.2, 0.25) is 0 Å². The molecule has 1 rings (SSSR count). The SMILES string of the molecule is CCOC(=O)/C=C/c1ccc(CCC(C)C)cc1. The lowest BCUT2D eigenvalue weighted by atomic mass is 10.0. The summed E-state index contributed by atoms with van der Waals surface area (Å²) in [7, 11) is 0. The van der Waals surface area contributed by atoms with Gasteiger partial charge in [0.25, 0.3) is 0 Å². The van der Waals surface area contributed by atoms with Crippen molar-refractivity contribution in [3.63, 3.8) is 0 Å². The Labute approximate surface area is 110 Å². The molecular formula is C16H22O2. The van der Waals surface area contributed by atoms with Crippen molar-refractivity contribution in [2.75, 3.05) is 6.61 Å². The minimum Gasteiger partial charge on any atom is -0.463 e. The Morgan fingerprint density at radius 2 is 1.94 bits per heavy atom. The van der Waals surface area contributed by atoms with Crippen molar-refractivity contribution in [3.8, 4) is 0 Å². The Morgan fingerprint density at radius 1 is 1.28 bits per heavy atom. The summed E-state index contributed by atoms with van der Waals surface area (Å²) in [6.07, 6.45) is 5.56. The van der Waals surface area contributed by atoms with E-state index in [2.05, 4.69) is 26.0 Å². The van der Waals surface area contributed by atoms with E-state index in [4.69, 9.17) is 4.74 Å². The van der Waals surface area contributed by atoms with Gasteiger partial charge in [-0.1, -0.05) is 38.1 Å². The summed E-state index contributed by atoms with van der Waals surface area (Å²) in [5.74, 6) is 0.440. The van der Waals surface area contributed by atoms with Crippen LogP contribution < -0.4 is 0 Å². The van der Waals surface area contributed by atoms with Gasteiger partial charge in [0, 0.05) is 6.08 Å². The predicted molar refractivity (Wildman–Crippen MR) is 75.3 cm³/mol. The molecule has 2 nitrogen and oxygen atoms in total. The Balaban J connectivity index is 2.52. The molecule has 2 heteroatoms. The van der Waals surface area contributed by atoms with Gasteiger partial charge in [-0.25, -0.2) is 4.79 Å². The fourth-order valence-electron chi connectivity index (χ4n) is 1.61. The van der Waals surface area contributed by atoms with Crippen molar-refractivity contribution >= 4 is 12.0 Å². The molecule has 0 aliphatic heterocycles. The minimum atomic E-state index is -0.290. The molecular weight excluding hydrogens is 224 g/mol. The second-order valence-electron chi connectivity index (χ2n) is 4.76. The van der Waals surface area contributed by atoms with Crippen LogP contribution in [0.25, 0.3) is 6.08 Å². The van der Waals surface area contributed by atoms with E-state index in [0.29, 0.717) is 6.61 Å². The lowest BCUT2D eigenvalue weighted by molar-refractivity contribution is -0.137. The molecule has 0 fully saturated rings. The van der Waals surface area contributed by atoms with Gasteiger partial charge in [-0.05, 0) is 42.9 Å². The monoisotopic (exact) mass is 246 g/mol. The van der Waals surface area contributed by atoms with E-state index >= 15 is 0 Å². The Hall–Kier alpha value is -1.57. The maximum Gasteiger partial charge on any atom is 0.330 e. The summed E-state index contributed by atoms with van der Waals surface area (Å²) < 4.78 is 4.83. The first-order valence-electron chi connectivity index (χ1n) is 6.55. The molecule has 0 aliphatic rings. The zero-order valence-electron chi connectivity index (χ0n) is 11.5. The molecule has 0 N–H and O–H groups in total. The van der Waals surface area contributed by atoms with Gasteiger partial charge in [-0.15, -0.1) is 0 Å². The summed E-state index contributed by atoms with van der Waals surface area (Å²) in [4.78, 5) is 11.2. The number of esters is 1. The highest BCUT2D eigenvalue weighted by Crippen LogP contribution is 2.11. The van der Waals surface area contributed by atoms with Crippen LogP contribution in [0.15, 0.2) is 30.3 Å². The summed E-state index contributed by atoms with van der Waals surface area (Å²) in [5.41, 5.74) is 2.37. The molecule has 0 amide bonds. The quantitative estimate of drug-likeness (QED) is 0.563. The van der Waals surface area contributed by atoms with Gasteiger partial charge in [-0.3, -0.25) is 0 Å². The van der Waals surface area contributed by atoms with Crippen molar-refractivity contribution in [1.29, 1.82) is 0 Å². The maximum atomic E-state index is 11.2. The molecule has 98 valence electrons. The number of ether oxygens (including phenoxy) is 1. The maximum absolute atomic E-state index is 11.2. The first kappa shape index (κ1) is 14.5. The molecule has 1 aromatic carbocycles. The molecule has 0 bridgehead atoms. The average Bonchev–Trinajstić information content (AvgIpc) is 2.35. The fourth-order valence-corrected chi connectivity index (χ4v) is 1.61. The summed E-state index contributed by atoms with van der Waals surface area (Å²) in [6.45, 7) is 6.68. The molecule has 0 atom stereocenters. The highest BCUT2D eigenvalue weighted by Gasteiger charge is 1.97. The third kappa shape index (κ3) is 5.67. The van der Waals surface area contributed by atoms with Gasteiger partial charge in [0.05, 0.1) is 6.61 Å². The van der Waals surface area contributed by atoms with Crippen LogP contribution in [-0.4, -0.2) is 12.6 Å². The van der Waals surface area contributed by atoms with Crippen LogP contribution in [0.3, 0.4) is 0 Å². The number of hydrogen-bond donors (Lipinski definition) is 0. The number of carbonyl (C=O) groups excluding carboxylic acids is 1. The molecule has 0 saturated carbocycles. The third-order valence-electron chi connectivity index (χ3n) is 2.69. The summed E-state index contributed by atoms with van der Waals surface area (Å²) in [5, 5.41) is 0. The molecule has 0 aromatic heterocycles. The zero-order valence-corrected chi connectivity index (χ0v) is 11.5. The molecule has 0 aliphatic carbocycles. The molecule has 0 unspecified atom stereocenters. The zero-order chi connectivity index (χ0) is 13.4. The Bertz CT molecular complexity index is 388. The van der Waals surface area contributed by atoms with Crippen LogP contribution in [0, 0.1) is 5.92 Å². The van der Waals surface area contributed by atoms with E-state index in [0.717, 1.165) is 17.9 Å². The average molecular weight is 246 g/mol. The second kappa shape index (κ2) is 7.70. The lowest BCUT2D eigenvalue weighted by Crippen LogP contribution is -1.98. The minimum absolute atomic E-state index is 0.290. The highest BCUT2D eigenvalue weighted by molar-refractivity contribution is 5.86. The Kier molecular flexibility index (Phi) is 6.20. The standard InChI is InChI=1S/C16H22O2/c1-4-18-16(17)12-11-15-9-7-14(8-10-15)6-5-13(2)3/h7-13H,4-6H2,1-3H3/b12-11+. The van der Waals surface area contributed by atoms with Gasteiger partial charge in [-0.2, -0.15) is 0 Å². The second-order valence-corrected chi connectivity index (χ2v) is 4.76. The van der Waals surface area contributed by atoms with Crippen LogP contribution in [-0.2, 0) is 16.0 Å².